The molecule has 6 rings (SSSR count). The fourth-order valence-electron chi connectivity index (χ4n) is 6.39. The zero-order valence-electron chi connectivity index (χ0n) is 21.0. The summed E-state index contributed by atoms with van der Waals surface area (Å²) in [6.45, 7) is 7.57. The predicted octanol–water partition coefficient (Wildman–Crippen LogP) is 3.91. The van der Waals surface area contributed by atoms with Crippen LogP contribution >= 0.6 is 0 Å². The first-order valence-corrected chi connectivity index (χ1v) is 12.9. The van der Waals surface area contributed by atoms with E-state index in [2.05, 4.69) is 25.9 Å². The smallest absolute Gasteiger partial charge is 0.409 e. The summed E-state index contributed by atoms with van der Waals surface area (Å²) in [5.74, 6) is 0.510. The third kappa shape index (κ3) is 4.09. The van der Waals surface area contributed by atoms with Gasteiger partial charge in [0, 0.05) is 68.7 Å². The number of fused-ring (bicyclic) bond motifs is 1. The van der Waals surface area contributed by atoms with Crippen LogP contribution in [0.3, 0.4) is 0 Å². The van der Waals surface area contributed by atoms with Crippen LogP contribution in [0.15, 0.2) is 36.7 Å². The highest BCUT2D eigenvalue weighted by molar-refractivity contribution is 5.87. The standard InChI is InChI=1S/C27H33FN6O2/c1-3-36-26(35)34-17-27(18-34)7-6-22(14-27)32-8-10-33(11-9-32)25-23(13-21(28)16-29-25)19-4-5-20-15-30-31(2)24(20)12-19/h4-5,12-13,15-16,22H,3,6-11,14,17-18H2,1-2H3/t22-/m1/s1. The fourth-order valence-corrected chi connectivity index (χ4v) is 6.39. The number of nitrogens with zero attached hydrogens (tertiary/aromatic N) is 6. The number of likely N-dealkylation sites (tertiary alicyclic amines) is 1. The number of piperazine rings is 1. The van der Waals surface area contributed by atoms with Crippen molar-refractivity contribution in [3.63, 3.8) is 0 Å². The number of aryl methyl sites for hydroxylation is 1. The summed E-state index contributed by atoms with van der Waals surface area (Å²) in [5.41, 5.74) is 3.05. The van der Waals surface area contributed by atoms with Crippen LogP contribution in [0.25, 0.3) is 22.0 Å². The number of halogens is 1. The summed E-state index contributed by atoms with van der Waals surface area (Å²) < 4.78 is 21.3. The average Bonchev–Trinajstić information content (AvgIpc) is 3.48. The van der Waals surface area contributed by atoms with Gasteiger partial charge in [-0.05, 0) is 43.9 Å². The van der Waals surface area contributed by atoms with E-state index in [1.54, 1.807) is 6.07 Å². The molecule has 1 aromatic carbocycles. The number of carbonyl (C=O) groups excluding carboxylic acids is 1. The quantitative estimate of drug-likeness (QED) is 0.550. The van der Waals surface area contributed by atoms with Crippen molar-refractivity contribution in [2.24, 2.45) is 12.5 Å². The molecule has 190 valence electrons. The lowest BCUT2D eigenvalue weighted by Crippen LogP contribution is -2.58. The normalized spacial score (nSPS) is 21.8. The van der Waals surface area contributed by atoms with Gasteiger partial charge in [-0.2, -0.15) is 5.10 Å². The van der Waals surface area contributed by atoms with Crippen LogP contribution in [0.5, 0.6) is 0 Å². The maximum atomic E-state index is 14.3. The Morgan fingerprint density at radius 1 is 1.17 bits per heavy atom. The number of carbonyl (C=O) groups is 1. The van der Waals surface area contributed by atoms with Gasteiger partial charge in [0.25, 0.3) is 0 Å². The highest BCUT2D eigenvalue weighted by atomic mass is 19.1. The maximum absolute atomic E-state index is 14.3. The second-order valence-corrected chi connectivity index (χ2v) is 10.5. The van der Waals surface area contributed by atoms with Crippen molar-refractivity contribution in [3.05, 3.63) is 42.5 Å². The highest BCUT2D eigenvalue weighted by Gasteiger charge is 2.51. The minimum atomic E-state index is -0.328. The van der Waals surface area contributed by atoms with Gasteiger partial charge in [-0.1, -0.05) is 12.1 Å². The zero-order valence-corrected chi connectivity index (χ0v) is 21.0. The molecule has 4 heterocycles. The first-order valence-electron chi connectivity index (χ1n) is 12.9. The van der Waals surface area contributed by atoms with Gasteiger partial charge in [-0.15, -0.1) is 0 Å². The first kappa shape index (κ1) is 23.2. The van der Waals surface area contributed by atoms with Crippen molar-refractivity contribution >= 4 is 22.8 Å². The molecule has 9 heteroatoms. The van der Waals surface area contributed by atoms with Crippen molar-refractivity contribution < 1.29 is 13.9 Å². The molecule has 36 heavy (non-hydrogen) atoms. The van der Waals surface area contributed by atoms with Gasteiger partial charge in [0.2, 0.25) is 0 Å². The van der Waals surface area contributed by atoms with Crippen LogP contribution in [0.4, 0.5) is 15.0 Å². The van der Waals surface area contributed by atoms with E-state index in [4.69, 9.17) is 4.74 Å². The molecular formula is C27H33FN6O2. The molecule has 0 N–H and O–H groups in total. The second-order valence-electron chi connectivity index (χ2n) is 10.5. The minimum absolute atomic E-state index is 0.176. The van der Waals surface area contributed by atoms with E-state index in [0.29, 0.717) is 12.6 Å². The lowest BCUT2D eigenvalue weighted by molar-refractivity contribution is -0.00294. The van der Waals surface area contributed by atoms with Gasteiger partial charge >= 0.3 is 6.09 Å². The molecule has 0 unspecified atom stereocenters. The third-order valence-electron chi connectivity index (χ3n) is 8.28. The number of benzene rings is 1. The van der Waals surface area contributed by atoms with Crippen molar-refractivity contribution in [1.29, 1.82) is 0 Å². The molecule has 2 saturated heterocycles. The Morgan fingerprint density at radius 2 is 1.97 bits per heavy atom. The van der Waals surface area contributed by atoms with E-state index in [1.807, 2.05) is 41.9 Å². The monoisotopic (exact) mass is 492 g/mol. The second kappa shape index (κ2) is 9.03. The molecule has 3 aromatic rings. The molecule has 3 aliphatic rings. The van der Waals surface area contributed by atoms with Gasteiger partial charge in [-0.3, -0.25) is 9.58 Å². The van der Waals surface area contributed by atoms with Gasteiger partial charge in [0.05, 0.1) is 24.5 Å². The van der Waals surface area contributed by atoms with E-state index in [0.717, 1.165) is 73.5 Å². The largest absolute Gasteiger partial charge is 0.450 e. The van der Waals surface area contributed by atoms with E-state index >= 15 is 0 Å². The van der Waals surface area contributed by atoms with Crippen LogP contribution in [-0.2, 0) is 11.8 Å². The number of anilines is 1. The van der Waals surface area contributed by atoms with E-state index in [9.17, 15) is 9.18 Å². The number of amides is 1. The average molecular weight is 493 g/mol. The number of hydrogen-bond donors (Lipinski definition) is 0. The zero-order chi connectivity index (χ0) is 24.9. The number of pyridine rings is 1. The Bertz CT molecular complexity index is 1280. The molecule has 2 aromatic heterocycles. The molecule has 1 amide bonds. The highest BCUT2D eigenvalue weighted by Crippen LogP contribution is 2.47. The summed E-state index contributed by atoms with van der Waals surface area (Å²) in [5, 5.41) is 5.40. The molecular weight excluding hydrogens is 459 g/mol. The van der Waals surface area contributed by atoms with E-state index < -0.39 is 0 Å². The van der Waals surface area contributed by atoms with Crippen molar-refractivity contribution in [3.8, 4) is 11.1 Å². The van der Waals surface area contributed by atoms with Crippen LogP contribution in [0, 0.1) is 11.2 Å². The Morgan fingerprint density at radius 3 is 2.75 bits per heavy atom. The first-order chi connectivity index (χ1) is 17.4. The van der Waals surface area contributed by atoms with Crippen molar-refractivity contribution in [1.82, 2.24) is 24.6 Å². The van der Waals surface area contributed by atoms with Gasteiger partial charge in [-0.25, -0.2) is 14.2 Å². The molecule has 0 radical (unpaired) electrons. The molecule has 1 spiro atoms. The number of aromatic nitrogens is 3. The summed E-state index contributed by atoms with van der Waals surface area (Å²) >= 11 is 0. The Kier molecular flexibility index (Phi) is 5.82. The minimum Gasteiger partial charge on any atom is -0.450 e. The van der Waals surface area contributed by atoms with Crippen molar-refractivity contribution in [2.75, 3.05) is 50.8 Å². The summed E-state index contributed by atoms with van der Waals surface area (Å²) in [7, 11) is 1.92. The Hall–Kier alpha value is -3.20. The Balaban J connectivity index is 1.13. The molecule has 1 atom stereocenters. The topological polar surface area (TPSA) is 66.7 Å². The molecule has 2 aliphatic heterocycles. The number of ether oxygens (including phenoxy) is 1. The van der Waals surface area contributed by atoms with Gasteiger partial charge in [0.15, 0.2) is 0 Å². The molecule has 3 fully saturated rings. The molecule has 1 aliphatic carbocycles. The third-order valence-corrected chi connectivity index (χ3v) is 8.28. The summed E-state index contributed by atoms with van der Waals surface area (Å²) in [4.78, 5) is 23.3. The number of hydrogen-bond acceptors (Lipinski definition) is 6. The number of rotatable bonds is 4. The maximum Gasteiger partial charge on any atom is 0.409 e. The van der Waals surface area contributed by atoms with Crippen molar-refractivity contribution in [2.45, 2.75) is 32.2 Å². The van der Waals surface area contributed by atoms with E-state index in [-0.39, 0.29) is 17.3 Å². The van der Waals surface area contributed by atoms with Crippen LogP contribution in [-0.4, -0.2) is 82.6 Å². The van der Waals surface area contributed by atoms with Crippen LogP contribution < -0.4 is 4.90 Å². The fraction of sp³-hybridized carbons (Fsp3) is 0.519. The Labute approximate surface area is 210 Å². The van der Waals surface area contributed by atoms with Gasteiger partial charge in [0.1, 0.15) is 11.6 Å². The SMILES string of the molecule is CCOC(=O)N1CC2(CC[C@@H](N3CCN(c4ncc(F)cc4-c4ccc5cnn(C)c5c4)CC3)C2)C1. The summed E-state index contributed by atoms with van der Waals surface area (Å²) in [6.07, 6.45) is 6.49. The molecule has 1 saturated carbocycles. The van der Waals surface area contributed by atoms with Gasteiger partial charge < -0.3 is 14.5 Å². The lowest BCUT2D eigenvalue weighted by Gasteiger charge is -2.48. The molecule has 0 bridgehead atoms. The van der Waals surface area contributed by atoms with E-state index in [1.165, 1.54) is 19.0 Å². The lowest BCUT2D eigenvalue weighted by atomic mass is 9.78. The molecule has 8 nitrogen and oxygen atoms in total. The van der Waals surface area contributed by atoms with Crippen LogP contribution in [0.2, 0.25) is 0 Å². The predicted molar refractivity (Wildman–Crippen MR) is 136 cm³/mol. The summed E-state index contributed by atoms with van der Waals surface area (Å²) in [6, 6.07) is 8.28. The van der Waals surface area contributed by atoms with Crippen LogP contribution in [0.1, 0.15) is 26.2 Å².